The van der Waals surface area contributed by atoms with Crippen molar-refractivity contribution in [2.75, 3.05) is 18.0 Å². The lowest BCUT2D eigenvalue weighted by Gasteiger charge is -2.17. The van der Waals surface area contributed by atoms with E-state index < -0.39 is 23.2 Å². The Morgan fingerprint density at radius 2 is 1.73 bits per heavy atom. The van der Waals surface area contributed by atoms with E-state index in [0.29, 0.717) is 6.54 Å². The summed E-state index contributed by atoms with van der Waals surface area (Å²) in [6.07, 6.45) is -4.35. The van der Waals surface area contributed by atoms with Gasteiger partial charge in [0.1, 0.15) is 0 Å². The highest BCUT2D eigenvalue weighted by atomic mass is 19.4. The van der Waals surface area contributed by atoms with E-state index in [1.165, 1.54) is 12.1 Å². The SMILES string of the molecule is O=C(NCC1CC(=O)N(c2ccccc2)C1)c1ccccc1C(F)(F)F. The first-order valence-electron chi connectivity index (χ1n) is 8.16. The molecule has 136 valence electrons. The Balaban J connectivity index is 1.64. The van der Waals surface area contributed by atoms with Gasteiger partial charge in [-0.2, -0.15) is 13.2 Å². The molecule has 1 saturated heterocycles. The van der Waals surface area contributed by atoms with E-state index in [-0.39, 0.29) is 24.8 Å². The number of para-hydroxylation sites is 1. The summed E-state index contributed by atoms with van der Waals surface area (Å²) in [4.78, 5) is 26.0. The predicted molar refractivity (Wildman–Crippen MR) is 90.7 cm³/mol. The molecule has 3 rings (SSSR count). The van der Waals surface area contributed by atoms with Crippen molar-refractivity contribution in [3.63, 3.8) is 0 Å². The molecular formula is C19H17F3N2O2. The molecule has 1 atom stereocenters. The van der Waals surface area contributed by atoms with E-state index in [1.807, 2.05) is 30.3 Å². The fraction of sp³-hybridized carbons (Fsp3) is 0.263. The summed E-state index contributed by atoms with van der Waals surface area (Å²) in [5, 5.41) is 2.53. The van der Waals surface area contributed by atoms with Crippen LogP contribution >= 0.6 is 0 Å². The van der Waals surface area contributed by atoms with Crippen LogP contribution in [-0.2, 0) is 11.0 Å². The molecule has 7 heteroatoms. The predicted octanol–water partition coefficient (Wildman–Crippen LogP) is 3.49. The van der Waals surface area contributed by atoms with Gasteiger partial charge in [0.15, 0.2) is 0 Å². The summed E-state index contributed by atoms with van der Waals surface area (Å²) in [7, 11) is 0. The van der Waals surface area contributed by atoms with E-state index in [9.17, 15) is 22.8 Å². The average Bonchev–Trinajstić information content (AvgIpc) is 3.00. The average molecular weight is 362 g/mol. The number of halogens is 3. The second-order valence-corrected chi connectivity index (χ2v) is 6.16. The molecule has 1 heterocycles. The minimum atomic E-state index is -4.60. The topological polar surface area (TPSA) is 49.4 Å². The van der Waals surface area contributed by atoms with E-state index >= 15 is 0 Å². The van der Waals surface area contributed by atoms with Gasteiger partial charge in [-0.05, 0) is 24.3 Å². The molecule has 1 aliphatic heterocycles. The molecule has 0 aromatic heterocycles. The monoisotopic (exact) mass is 362 g/mol. The van der Waals surface area contributed by atoms with Crippen LogP contribution in [0.2, 0.25) is 0 Å². The van der Waals surface area contributed by atoms with Gasteiger partial charge in [0.25, 0.3) is 5.91 Å². The second kappa shape index (κ2) is 7.19. The van der Waals surface area contributed by atoms with Gasteiger partial charge in [0.05, 0.1) is 11.1 Å². The summed E-state index contributed by atoms with van der Waals surface area (Å²) in [5.74, 6) is -1.00. The van der Waals surface area contributed by atoms with Crippen LogP contribution in [0.5, 0.6) is 0 Å². The maximum absolute atomic E-state index is 13.0. The Bertz CT molecular complexity index is 806. The van der Waals surface area contributed by atoms with Crippen LogP contribution in [0.1, 0.15) is 22.3 Å². The van der Waals surface area contributed by atoms with Gasteiger partial charge in [0.2, 0.25) is 5.91 Å². The van der Waals surface area contributed by atoms with Gasteiger partial charge in [-0.25, -0.2) is 0 Å². The maximum atomic E-state index is 13.0. The van der Waals surface area contributed by atoms with Gasteiger partial charge < -0.3 is 10.2 Å². The van der Waals surface area contributed by atoms with Crippen LogP contribution in [0.15, 0.2) is 54.6 Å². The molecule has 0 aliphatic carbocycles. The second-order valence-electron chi connectivity index (χ2n) is 6.16. The number of rotatable bonds is 4. The zero-order chi connectivity index (χ0) is 18.7. The van der Waals surface area contributed by atoms with Crippen molar-refractivity contribution in [2.24, 2.45) is 5.92 Å². The van der Waals surface area contributed by atoms with Crippen LogP contribution in [0.25, 0.3) is 0 Å². The third-order valence-corrected chi connectivity index (χ3v) is 4.30. The maximum Gasteiger partial charge on any atom is 0.417 e. The number of hydrogen-bond acceptors (Lipinski definition) is 2. The lowest BCUT2D eigenvalue weighted by Crippen LogP contribution is -2.32. The molecule has 2 aromatic carbocycles. The quantitative estimate of drug-likeness (QED) is 0.905. The van der Waals surface area contributed by atoms with Crippen molar-refractivity contribution in [2.45, 2.75) is 12.6 Å². The molecule has 0 bridgehead atoms. The summed E-state index contributed by atoms with van der Waals surface area (Å²) in [6.45, 7) is 0.560. The summed E-state index contributed by atoms with van der Waals surface area (Å²) in [5.41, 5.74) is -0.608. The Kier molecular flexibility index (Phi) is 4.97. The molecule has 1 N–H and O–H groups in total. The summed E-state index contributed by atoms with van der Waals surface area (Å²) < 4.78 is 39.0. The normalized spacial score (nSPS) is 17.4. The van der Waals surface area contributed by atoms with E-state index in [0.717, 1.165) is 17.8 Å². The van der Waals surface area contributed by atoms with E-state index in [2.05, 4.69) is 5.32 Å². The molecule has 0 spiro atoms. The molecular weight excluding hydrogens is 345 g/mol. The number of carbonyl (C=O) groups is 2. The number of benzene rings is 2. The Labute approximate surface area is 148 Å². The largest absolute Gasteiger partial charge is 0.417 e. The van der Waals surface area contributed by atoms with Gasteiger partial charge in [-0.15, -0.1) is 0 Å². The van der Waals surface area contributed by atoms with Crippen LogP contribution in [0, 0.1) is 5.92 Å². The first-order chi connectivity index (χ1) is 12.4. The van der Waals surface area contributed by atoms with Crippen LogP contribution < -0.4 is 10.2 Å². The highest BCUT2D eigenvalue weighted by molar-refractivity contribution is 5.97. The Hall–Kier alpha value is -2.83. The molecule has 1 fully saturated rings. The summed E-state index contributed by atoms with van der Waals surface area (Å²) in [6, 6.07) is 13.8. The molecule has 2 aromatic rings. The molecule has 1 aliphatic rings. The number of amides is 2. The zero-order valence-corrected chi connectivity index (χ0v) is 13.8. The van der Waals surface area contributed by atoms with Crippen molar-refractivity contribution in [3.8, 4) is 0 Å². The smallest absolute Gasteiger partial charge is 0.352 e. The first-order valence-corrected chi connectivity index (χ1v) is 8.16. The fourth-order valence-corrected chi connectivity index (χ4v) is 3.04. The van der Waals surface area contributed by atoms with Crippen molar-refractivity contribution in [1.29, 1.82) is 0 Å². The van der Waals surface area contributed by atoms with Crippen LogP contribution in [0.3, 0.4) is 0 Å². The van der Waals surface area contributed by atoms with Gasteiger partial charge in [-0.3, -0.25) is 9.59 Å². The van der Waals surface area contributed by atoms with E-state index in [1.54, 1.807) is 4.90 Å². The lowest BCUT2D eigenvalue weighted by molar-refractivity contribution is -0.138. The third kappa shape index (κ3) is 3.87. The number of nitrogens with one attached hydrogen (secondary N) is 1. The third-order valence-electron chi connectivity index (χ3n) is 4.30. The number of alkyl halides is 3. The minimum absolute atomic E-state index is 0.0638. The lowest BCUT2D eigenvalue weighted by atomic mass is 10.1. The van der Waals surface area contributed by atoms with Crippen molar-refractivity contribution >= 4 is 17.5 Å². The molecule has 26 heavy (non-hydrogen) atoms. The highest BCUT2D eigenvalue weighted by Crippen LogP contribution is 2.32. The number of anilines is 1. The zero-order valence-electron chi connectivity index (χ0n) is 13.8. The van der Waals surface area contributed by atoms with Gasteiger partial charge in [-0.1, -0.05) is 30.3 Å². The Morgan fingerprint density at radius 1 is 1.08 bits per heavy atom. The number of carbonyl (C=O) groups excluding carboxylic acids is 2. The molecule has 4 nitrogen and oxygen atoms in total. The molecule has 0 saturated carbocycles. The molecule has 2 amide bonds. The van der Waals surface area contributed by atoms with Crippen LogP contribution in [-0.4, -0.2) is 24.9 Å². The van der Waals surface area contributed by atoms with Crippen molar-refractivity contribution < 1.29 is 22.8 Å². The summed E-state index contributed by atoms with van der Waals surface area (Å²) >= 11 is 0. The first kappa shape index (κ1) is 18.0. The standard InChI is InChI=1S/C19H17F3N2O2/c20-19(21,22)16-9-5-4-8-15(16)18(26)23-11-13-10-17(25)24(12-13)14-6-2-1-3-7-14/h1-9,13H,10-12H2,(H,23,26). The molecule has 0 radical (unpaired) electrons. The van der Waals surface area contributed by atoms with Crippen molar-refractivity contribution in [1.82, 2.24) is 5.32 Å². The van der Waals surface area contributed by atoms with Crippen LogP contribution in [0.4, 0.5) is 18.9 Å². The number of hydrogen-bond donors (Lipinski definition) is 1. The number of nitrogens with zero attached hydrogens (tertiary/aromatic N) is 1. The fourth-order valence-electron chi connectivity index (χ4n) is 3.04. The minimum Gasteiger partial charge on any atom is -0.352 e. The van der Waals surface area contributed by atoms with E-state index in [4.69, 9.17) is 0 Å². The molecule has 1 unspecified atom stereocenters. The highest BCUT2D eigenvalue weighted by Gasteiger charge is 2.35. The van der Waals surface area contributed by atoms with Gasteiger partial charge in [0, 0.05) is 31.1 Å². The van der Waals surface area contributed by atoms with Crippen molar-refractivity contribution in [3.05, 3.63) is 65.7 Å². The van der Waals surface area contributed by atoms with Gasteiger partial charge >= 0.3 is 6.18 Å². The Morgan fingerprint density at radius 3 is 2.42 bits per heavy atom.